The van der Waals surface area contributed by atoms with Crippen molar-refractivity contribution >= 4 is 0 Å². The summed E-state index contributed by atoms with van der Waals surface area (Å²) < 4.78 is 0. The van der Waals surface area contributed by atoms with Crippen molar-refractivity contribution in [3.05, 3.63) is 35.4 Å². The normalized spacial score (nSPS) is 23.0. The summed E-state index contributed by atoms with van der Waals surface area (Å²) in [4.78, 5) is 2.41. The molecule has 1 aromatic carbocycles. The van der Waals surface area contributed by atoms with E-state index in [1.807, 2.05) is 0 Å². The van der Waals surface area contributed by atoms with Crippen LogP contribution in [0.2, 0.25) is 0 Å². The van der Waals surface area contributed by atoms with Crippen LogP contribution < -0.4 is 5.32 Å². The molecule has 0 radical (unpaired) electrons. The van der Waals surface area contributed by atoms with Crippen molar-refractivity contribution in [2.75, 3.05) is 26.2 Å². The monoisotopic (exact) mass is 260 g/mol. The molecule has 3 nitrogen and oxygen atoms in total. The maximum atomic E-state index is 10.4. The van der Waals surface area contributed by atoms with Crippen LogP contribution in [-0.2, 0) is 13.0 Å². The molecule has 2 N–H and O–H groups in total. The summed E-state index contributed by atoms with van der Waals surface area (Å²) in [5.41, 5.74) is 2.92. The number of aliphatic hydroxyl groups excluding tert-OH is 1. The molecule has 3 heteroatoms. The van der Waals surface area contributed by atoms with E-state index in [2.05, 4.69) is 34.5 Å². The molecule has 104 valence electrons. The molecule has 1 fully saturated rings. The minimum absolute atomic E-state index is 0.160. The molecule has 0 saturated carbocycles. The van der Waals surface area contributed by atoms with Crippen LogP contribution in [0.25, 0.3) is 0 Å². The maximum absolute atomic E-state index is 10.4. The number of nitrogens with one attached hydrogen (secondary N) is 1. The Kier molecular flexibility index (Phi) is 4.16. The van der Waals surface area contributed by atoms with Crippen LogP contribution >= 0.6 is 0 Å². The van der Waals surface area contributed by atoms with Crippen LogP contribution in [0.15, 0.2) is 24.3 Å². The summed E-state index contributed by atoms with van der Waals surface area (Å²) in [6.07, 6.45) is 3.19. The van der Waals surface area contributed by atoms with Crippen LogP contribution in [-0.4, -0.2) is 42.3 Å². The molecule has 3 rings (SSSR count). The zero-order valence-corrected chi connectivity index (χ0v) is 11.5. The molecule has 1 saturated heterocycles. The second-order valence-electron chi connectivity index (χ2n) is 5.91. The van der Waals surface area contributed by atoms with Crippen LogP contribution in [0.4, 0.5) is 0 Å². The van der Waals surface area contributed by atoms with Gasteiger partial charge >= 0.3 is 0 Å². The highest BCUT2D eigenvalue weighted by atomic mass is 16.3. The first kappa shape index (κ1) is 13.1. The highest BCUT2D eigenvalue weighted by Gasteiger charge is 2.25. The van der Waals surface area contributed by atoms with E-state index in [1.165, 1.54) is 11.1 Å². The lowest BCUT2D eigenvalue weighted by molar-refractivity contribution is 0.0463. The Bertz CT molecular complexity index is 415. The fourth-order valence-electron chi connectivity index (χ4n) is 3.35. The van der Waals surface area contributed by atoms with Gasteiger partial charge in [0.1, 0.15) is 0 Å². The summed E-state index contributed by atoms with van der Waals surface area (Å²) in [5, 5.41) is 13.8. The van der Waals surface area contributed by atoms with E-state index in [9.17, 15) is 5.11 Å². The molecule has 2 aliphatic heterocycles. The van der Waals surface area contributed by atoms with Crippen LogP contribution in [0.1, 0.15) is 24.0 Å². The van der Waals surface area contributed by atoms with Gasteiger partial charge in [0.25, 0.3) is 0 Å². The molecular weight excluding hydrogens is 236 g/mol. The van der Waals surface area contributed by atoms with Gasteiger partial charge in [-0.2, -0.15) is 0 Å². The second-order valence-corrected chi connectivity index (χ2v) is 5.91. The van der Waals surface area contributed by atoms with E-state index in [-0.39, 0.29) is 6.10 Å². The molecule has 0 bridgehead atoms. The first-order chi connectivity index (χ1) is 9.33. The largest absolute Gasteiger partial charge is 0.392 e. The Morgan fingerprint density at radius 1 is 1.21 bits per heavy atom. The average Bonchev–Trinajstić information content (AvgIpc) is 2.48. The molecule has 0 amide bonds. The third-order valence-corrected chi connectivity index (χ3v) is 4.58. The number of aliphatic hydroxyl groups is 1. The summed E-state index contributed by atoms with van der Waals surface area (Å²) in [5.74, 6) is 0.485. The van der Waals surface area contributed by atoms with Gasteiger partial charge in [0.05, 0.1) is 6.10 Å². The zero-order chi connectivity index (χ0) is 13.1. The van der Waals surface area contributed by atoms with E-state index in [0.717, 1.165) is 52.0 Å². The first-order valence-electron chi connectivity index (χ1n) is 7.51. The lowest BCUT2D eigenvalue weighted by Crippen LogP contribution is -2.42. The number of β-amino-alcohol motifs (C(OH)–C–C–N with tert-alkyl or cyclic N) is 1. The van der Waals surface area contributed by atoms with Gasteiger partial charge in [-0.1, -0.05) is 24.3 Å². The summed E-state index contributed by atoms with van der Waals surface area (Å²) in [6.45, 7) is 5.03. The number of fused-ring (bicyclic) bond motifs is 1. The van der Waals surface area contributed by atoms with Crippen molar-refractivity contribution in [2.24, 2.45) is 5.92 Å². The molecule has 19 heavy (non-hydrogen) atoms. The van der Waals surface area contributed by atoms with Crippen molar-refractivity contribution in [1.82, 2.24) is 10.2 Å². The van der Waals surface area contributed by atoms with Crippen molar-refractivity contribution in [1.29, 1.82) is 0 Å². The third-order valence-electron chi connectivity index (χ3n) is 4.58. The Labute approximate surface area is 115 Å². The number of benzene rings is 1. The Morgan fingerprint density at radius 2 is 1.95 bits per heavy atom. The van der Waals surface area contributed by atoms with Crippen LogP contribution in [0, 0.1) is 5.92 Å². The average molecular weight is 260 g/mol. The van der Waals surface area contributed by atoms with Gasteiger partial charge in [-0.05, 0) is 49.4 Å². The van der Waals surface area contributed by atoms with Gasteiger partial charge in [0, 0.05) is 19.6 Å². The lowest BCUT2D eigenvalue weighted by Gasteiger charge is -2.34. The third kappa shape index (κ3) is 3.16. The summed E-state index contributed by atoms with van der Waals surface area (Å²) >= 11 is 0. The van der Waals surface area contributed by atoms with Gasteiger partial charge in [0.15, 0.2) is 0 Å². The standard InChI is InChI=1S/C16H24N2O/c19-16(14-5-8-17-9-6-14)12-18-10-7-13-3-1-2-4-15(13)11-18/h1-4,14,16-17,19H,5-12H2. The smallest absolute Gasteiger partial charge is 0.0696 e. The molecule has 0 aromatic heterocycles. The molecule has 2 aliphatic rings. The summed E-state index contributed by atoms with van der Waals surface area (Å²) in [6, 6.07) is 8.69. The van der Waals surface area contributed by atoms with Crippen LogP contribution in [0.3, 0.4) is 0 Å². The maximum Gasteiger partial charge on any atom is 0.0696 e. The van der Waals surface area contributed by atoms with Crippen molar-refractivity contribution < 1.29 is 5.11 Å². The van der Waals surface area contributed by atoms with Gasteiger partial charge in [0.2, 0.25) is 0 Å². The fourth-order valence-corrected chi connectivity index (χ4v) is 3.35. The SMILES string of the molecule is OC(CN1CCc2ccccc2C1)C1CCNCC1. The predicted octanol–water partition coefficient (Wildman–Crippen LogP) is 1.41. The fraction of sp³-hybridized carbons (Fsp3) is 0.625. The zero-order valence-electron chi connectivity index (χ0n) is 11.5. The predicted molar refractivity (Wildman–Crippen MR) is 77.0 cm³/mol. The number of hydrogen-bond donors (Lipinski definition) is 2. The van der Waals surface area contributed by atoms with Crippen molar-refractivity contribution in [3.8, 4) is 0 Å². The first-order valence-corrected chi connectivity index (χ1v) is 7.51. The van der Waals surface area contributed by atoms with Gasteiger partial charge in [-0.3, -0.25) is 4.90 Å². The van der Waals surface area contributed by atoms with E-state index < -0.39 is 0 Å². The molecular formula is C16H24N2O. The lowest BCUT2D eigenvalue weighted by atomic mass is 9.91. The van der Waals surface area contributed by atoms with E-state index >= 15 is 0 Å². The van der Waals surface area contributed by atoms with E-state index in [0.29, 0.717) is 5.92 Å². The molecule has 1 aromatic rings. The Balaban J connectivity index is 1.56. The van der Waals surface area contributed by atoms with Crippen molar-refractivity contribution in [3.63, 3.8) is 0 Å². The number of nitrogens with zero attached hydrogens (tertiary/aromatic N) is 1. The van der Waals surface area contributed by atoms with Gasteiger partial charge in [-0.25, -0.2) is 0 Å². The van der Waals surface area contributed by atoms with E-state index in [1.54, 1.807) is 0 Å². The molecule has 0 aliphatic carbocycles. The summed E-state index contributed by atoms with van der Waals surface area (Å²) in [7, 11) is 0. The highest BCUT2D eigenvalue weighted by molar-refractivity contribution is 5.29. The topological polar surface area (TPSA) is 35.5 Å². The van der Waals surface area contributed by atoms with E-state index in [4.69, 9.17) is 0 Å². The van der Waals surface area contributed by atoms with Gasteiger partial charge in [-0.15, -0.1) is 0 Å². The van der Waals surface area contributed by atoms with Gasteiger partial charge < -0.3 is 10.4 Å². The van der Waals surface area contributed by atoms with Crippen molar-refractivity contribution in [2.45, 2.75) is 31.9 Å². The number of rotatable bonds is 3. The number of piperidine rings is 1. The Morgan fingerprint density at radius 3 is 2.74 bits per heavy atom. The molecule has 2 heterocycles. The van der Waals surface area contributed by atoms with Crippen LogP contribution in [0.5, 0.6) is 0 Å². The minimum Gasteiger partial charge on any atom is -0.392 e. The molecule has 0 spiro atoms. The minimum atomic E-state index is -0.160. The number of hydrogen-bond acceptors (Lipinski definition) is 3. The molecule has 1 atom stereocenters. The Hall–Kier alpha value is -0.900. The highest BCUT2D eigenvalue weighted by Crippen LogP contribution is 2.21. The second kappa shape index (κ2) is 6.04. The molecule has 1 unspecified atom stereocenters. The quantitative estimate of drug-likeness (QED) is 0.862.